The van der Waals surface area contributed by atoms with Crippen LogP contribution in [0.15, 0.2) is 218 Å². The molecule has 0 radical (unpaired) electrons. The fourth-order valence-electron chi connectivity index (χ4n) is 9.68. The van der Waals surface area contributed by atoms with Crippen LogP contribution in [0.25, 0.3) is 120 Å². The van der Waals surface area contributed by atoms with E-state index in [1.165, 1.54) is 74.9 Å². The van der Waals surface area contributed by atoms with Gasteiger partial charge in [-0.2, -0.15) is 0 Å². The molecule has 63 heavy (non-hydrogen) atoms. The number of para-hydroxylation sites is 3. The highest BCUT2D eigenvalue weighted by molar-refractivity contribution is 7.26. The first-order valence-corrected chi connectivity index (χ1v) is 22.1. The number of rotatable bonds is 6. The lowest BCUT2D eigenvalue weighted by Gasteiger charge is -2.14. The van der Waals surface area contributed by atoms with Crippen LogP contribution in [0.5, 0.6) is 0 Å². The molecular formula is C58H36N4S. The Bertz CT molecular complexity index is 3840. The summed E-state index contributed by atoms with van der Waals surface area (Å²) in [6.07, 6.45) is 0. The van der Waals surface area contributed by atoms with Crippen molar-refractivity contribution in [1.29, 1.82) is 0 Å². The minimum absolute atomic E-state index is 0.713. The summed E-state index contributed by atoms with van der Waals surface area (Å²) in [5.41, 5.74) is 14.4. The maximum Gasteiger partial charge on any atom is 0.160 e. The molecule has 13 rings (SSSR count). The van der Waals surface area contributed by atoms with Crippen molar-refractivity contribution in [2.24, 2.45) is 0 Å². The second kappa shape index (κ2) is 14.2. The molecule has 0 aliphatic heterocycles. The highest BCUT2D eigenvalue weighted by Gasteiger charge is 2.22. The Balaban J connectivity index is 1.01. The summed E-state index contributed by atoms with van der Waals surface area (Å²) >= 11 is 1.83. The van der Waals surface area contributed by atoms with Gasteiger partial charge in [-0.05, 0) is 83.9 Å². The van der Waals surface area contributed by atoms with Gasteiger partial charge in [0.05, 0.1) is 39.1 Å². The lowest BCUT2D eigenvalue weighted by Crippen LogP contribution is -1.98. The molecule has 5 heteroatoms. The molecule has 4 heterocycles. The normalized spacial score (nSPS) is 11.8. The van der Waals surface area contributed by atoms with E-state index < -0.39 is 0 Å². The Labute approximate surface area is 367 Å². The topological polar surface area (TPSA) is 35.6 Å². The molecule has 4 aromatic heterocycles. The first-order valence-electron chi connectivity index (χ1n) is 21.3. The number of hydrogen-bond acceptors (Lipinski definition) is 3. The van der Waals surface area contributed by atoms with Crippen molar-refractivity contribution in [2.75, 3.05) is 0 Å². The quantitative estimate of drug-likeness (QED) is 0.167. The molecule has 0 aliphatic rings. The predicted molar refractivity (Wildman–Crippen MR) is 265 cm³/mol. The molecule has 294 valence electrons. The van der Waals surface area contributed by atoms with Gasteiger partial charge >= 0.3 is 0 Å². The molecule has 0 fully saturated rings. The molecule has 0 atom stereocenters. The van der Waals surface area contributed by atoms with E-state index in [1.807, 2.05) is 35.6 Å². The number of aromatic nitrogens is 4. The summed E-state index contributed by atoms with van der Waals surface area (Å²) in [7, 11) is 0. The fraction of sp³-hybridized carbons (Fsp3) is 0. The number of benzene rings is 9. The number of fused-ring (bicyclic) bond motifs is 9. The minimum Gasteiger partial charge on any atom is -0.309 e. The fourth-order valence-corrected chi connectivity index (χ4v) is 10.9. The maximum absolute atomic E-state index is 5.29. The van der Waals surface area contributed by atoms with Crippen molar-refractivity contribution in [3.8, 4) is 56.4 Å². The number of thiophene rings is 1. The number of nitrogens with zero attached hydrogens (tertiary/aromatic N) is 4. The molecule has 9 aromatic carbocycles. The minimum atomic E-state index is 0.713. The molecule has 13 aromatic rings. The molecule has 0 aliphatic carbocycles. The first-order chi connectivity index (χ1) is 31.2. The zero-order chi connectivity index (χ0) is 41.4. The van der Waals surface area contributed by atoms with Crippen LogP contribution >= 0.6 is 11.3 Å². The number of hydrogen-bond donors (Lipinski definition) is 0. The van der Waals surface area contributed by atoms with Crippen molar-refractivity contribution in [2.45, 2.75) is 0 Å². The third-order valence-corrected chi connectivity index (χ3v) is 13.7. The van der Waals surface area contributed by atoms with Gasteiger partial charge in [0.2, 0.25) is 0 Å². The molecule has 0 spiro atoms. The largest absolute Gasteiger partial charge is 0.309 e. The van der Waals surface area contributed by atoms with Gasteiger partial charge in [-0.1, -0.05) is 146 Å². The smallest absolute Gasteiger partial charge is 0.160 e. The second-order valence-electron chi connectivity index (χ2n) is 16.1. The lowest BCUT2D eigenvalue weighted by atomic mass is 10.0. The highest BCUT2D eigenvalue weighted by Crippen LogP contribution is 2.46. The van der Waals surface area contributed by atoms with Gasteiger partial charge in [-0.3, -0.25) is 0 Å². The maximum atomic E-state index is 5.29. The van der Waals surface area contributed by atoms with Crippen molar-refractivity contribution in [3.05, 3.63) is 218 Å². The molecule has 4 nitrogen and oxygen atoms in total. The van der Waals surface area contributed by atoms with Crippen LogP contribution in [-0.2, 0) is 0 Å². The van der Waals surface area contributed by atoms with Crippen LogP contribution in [-0.4, -0.2) is 19.1 Å². The van der Waals surface area contributed by atoms with Crippen LogP contribution in [0.2, 0.25) is 0 Å². The average molecular weight is 821 g/mol. The van der Waals surface area contributed by atoms with Gasteiger partial charge in [0, 0.05) is 64.1 Å². The Morgan fingerprint density at radius 3 is 1.56 bits per heavy atom. The zero-order valence-electron chi connectivity index (χ0n) is 34.0. The predicted octanol–water partition coefficient (Wildman–Crippen LogP) is 15.7. The van der Waals surface area contributed by atoms with E-state index in [2.05, 4.69) is 203 Å². The summed E-state index contributed by atoms with van der Waals surface area (Å²) in [6, 6.07) is 78.4. The van der Waals surface area contributed by atoms with Crippen molar-refractivity contribution >= 4 is 75.1 Å². The van der Waals surface area contributed by atoms with Crippen molar-refractivity contribution in [3.63, 3.8) is 0 Å². The molecule has 0 unspecified atom stereocenters. The van der Waals surface area contributed by atoms with E-state index in [0.717, 1.165) is 39.5 Å². The van der Waals surface area contributed by atoms with E-state index in [-0.39, 0.29) is 0 Å². The summed E-state index contributed by atoms with van der Waals surface area (Å²) in [6.45, 7) is 0. The Kier molecular flexibility index (Phi) is 8.05. The molecule has 0 N–H and O–H groups in total. The molecule has 0 bridgehead atoms. The van der Waals surface area contributed by atoms with Gasteiger partial charge in [-0.15, -0.1) is 11.3 Å². The van der Waals surface area contributed by atoms with Crippen molar-refractivity contribution < 1.29 is 0 Å². The summed E-state index contributed by atoms with van der Waals surface area (Å²) in [5.74, 6) is 0.713. The third kappa shape index (κ3) is 5.67. The van der Waals surface area contributed by atoms with Gasteiger partial charge in [0.25, 0.3) is 0 Å². The van der Waals surface area contributed by atoms with E-state index in [1.54, 1.807) is 0 Å². The van der Waals surface area contributed by atoms with Crippen LogP contribution in [0.3, 0.4) is 0 Å². The highest BCUT2D eigenvalue weighted by atomic mass is 32.1. The average Bonchev–Trinajstić information content (AvgIpc) is 4.02. The van der Waals surface area contributed by atoms with Crippen LogP contribution in [0.4, 0.5) is 0 Å². The van der Waals surface area contributed by atoms with Gasteiger partial charge in [0.15, 0.2) is 5.82 Å². The molecule has 0 amide bonds. The summed E-state index contributed by atoms with van der Waals surface area (Å²) < 4.78 is 7.30. The molecule has 0 saturated heterocycles. The van der Waals surface area contributed by atoms with E-state index in [0.29, 0.717) is 5.82 Å². The summed E-state index contributed by atoms with van der Waals surface area (Å²) in [5, 5.41) is 7.41. The van der Waals surface area contributed by atoms with Crippen LogP contribution in [0, 0.1) is 0 Å². The van der Waals surface area contributed by atoms with Crippen LogP contribution < -0.4 is 0 Å². The standard InChI is InChI=1S/C58H36N4S/c1-4-16-37(17-5-1)48-36-49(60-58(59-48)38-18-6-2-7-19-38)44-30-33-54(56-45-24-12-15-27-55(45)63-57(44)56)62-51-26-14-11-23-43(51)47-35-40(29-32-53(47)62)39-28-31-52-46(34-39)42-22-10-13-25-50(42)61(52)41-20-8-3-9-21-41/h1-36H. The van der Waals surface area contributed by atoms with E-state index in [9.17, 15) is 0 Å². The first kappa shape index (κ1) is 35.6. The SMILES string of the molecule is c1ccc(-c2cc(-c3ccc(-n4c5ccccc5c5cc(-c6ccc7c(c6)c6ccccc6n7-c6ccccc6)ccc54)c4c3sc3ccccc34)nc(-c3ccccc3)n2)cc1. The van der Waals surface area contributed by atoms with E-state index >= 15 is 0 Å². The Morgan fingerprint density at radius 1 is 0.349 bits per heavy atom. The second-order valence-corrected chi connectivity index (χ2v) is 17.2. The Morgan fingerprint density at radius 2 is 0.873 bits per heavy atom. The molecular weight excluding hydrogens is 785 g/mol. The lowest BCUT2D eigenvalue weighted by molar-refractivity contribution is 1.18. The van der Waals surface area contributed by atoms with Gasteiger partial charge < -0.3 is 9.13 Å². The zero-order valence-corrected chi connectivity index (χ0v) is 34.8. The van der Waals surface area contributed by atoms with Crippen molar-refractivity contribution in [1.82, 2.24) is 19.1 Å². The third-order valence-electron chi connectivity index (χ3n) is 12.5. The van der Waals surface area contributed by atoms with Gasteiger partial charge in [0.1, 0.15) is 0 Å². The van der Waals surface area contributed by atoms with E-state index in [4.69, 9.17) is 9.97 Å². The molecule has 0 saturated carbocycles. The summed E-state index contributed by atoms with van der Waals surface area (Å²) in [4.78, 5) is 10.4. The van der Waals surface area contributed by atoms with Crippen LogP contribution in [0.1, 0.15) is 0 Å². The monoisotopic (exact) mass is 820 g/mol. The van der Waals surface area contributed by atoms with Gasteiger partial charge in [-0.25, -0.2) is 9.97 Å². The Hall–Kier alpha value is -8.12.